The highest BCUT2D eigenvalue weighted by Gasteiger charge is 2.21. The van der Waals surface area contributed by atoms with Crippen molar-refractivity contribution in [1.29, 1.82) is 0 Å². The highest BCUT2D eigenvalue weighted by atomic mass is 16.5. The molecule has 2 aromatic rings. The molecule has 1 aromatic carbocycles. The fourth-order valence-electron chi connectivity index (χ4n) is 1.95. The Bertz CT molecular complexity index is 713. The summed E-state index contributed by atoms with van der Waals surface area (Å²) in [6, 6.07) is 8.46. The largest absolute Gasteiger partial charge is 0.450 e. The summed E-state index contributed by atoms with van der Waals surface area (Å²) >= 11 is 0. The molecule has 0 radical (unpaired) electrons. The Morgan fingerprint density at radius 1 is 1.09 bits per heavy atom. The van der Waals surface area contributed by atoms with Gasteiger partial charge in [0.25, 0.3) is 0 Å². The molecule has 0 saturated carbocycles. The van der Waals surface area contributed by atoms with Crippen LogP contribution >= 0.6 is 0 Å². The minimum atomic E-state index is -0.903. The average Bonchev–Trinajstić information content (AvgIpc) is 2.97. The molecule has 0 saturated heterocycles. The van der Waals surface area contributed by atoms with Gasteiger partial charge in [-0.2, -0.15) is 0 Å². The monoisotopic (exact) mass is 299 g/mol. The predicted molar refractivity (Wildman–Crippen MR) is 81.2 cm³/mol. The highest BCUT2D eigenvalue weighted by molar-refractivity contribution is 6.02. The molecule has 0 fully saturated rings. The maximum Gasteiger partial charge on any atom is 0.355 e. The molecule has 22 heavy (non-hydrogen) atoms. The summed E-state index contributed by atoms with van der Waals surface area (Å²) in [5.41, 5.74) is 2.07. The molecule has 0 spiro atoms. The lowest BCUT2D eigenvalue weighted by Gasteiger charge is -2.11. The zero-order chi connectivity index (χ0) is 16.3. The van der Waals surface area contributed by atoms with Gasteiger partial charge in [-0.05, 0) is 26.8 Å². The van der Waals surface area contributed by atoms with Crippen molar-refractivity contribution in [1.82, 2.24) is 4.98 Å². The lowest BCUT2D eigenvalue weighted by molar-refractivity contribution is 0.0314. The van der Waals surface area contributed by atoms with E-state index < -0.39 is 12.1 Å². The number of carbonyl (C=O) groups excluding carboxylic acids is 3. The Morgan fingerprint density at radius 2 is 1.73 bits per heavy atom. The van der Waals surface area contributed by atoms with Crippen LogP contribution in [0.15, 0.2) is 36.5 Å². The number of rotatable bonds is 5. The Labute approximate surface area is 128 Å². The lowest BCUT2D eigenvalue weighted by Crippen LogP contribution is -2.24. The average molecular weight is 299 g/mol. The van der Waals surface area contributed by atoms with Crippen molar-refractivity contribution in [2.24, 2.45) is 0 Å². The number of carbonyl (C=O) groups is 3. The molecule has 1 N–H and O–H groups in total. The second-order valence-corrected chi connectivity index (χ2v) is 5.14. The van der Waals surface area contributed by atoms with E-state index in [-0.39, 0.29) is 17.3 Å². The number of nitrogens with one attached hydrogen (secondary N) is 1. The van der Waals surface area contributed by atoms with Gasteiger partial charge in [-0.3, -0.25) is 9.59 Å². The Hall–Kier alpha value is -2.69. The predicted octanol–water partition coefficient (Wildman–Crippen LogP) is 2.95. The lowest BCUT2D eigenvalue weighted by atomic mass is 10.1. The van der Waals surface area contributed by atoms with Crippen molar-refractivity contribution in [2.75, 3.05) is 0 Å². The van der Waals surface area contributed by atoms with Gasteiger partial charge in [-0.25, -0.2) is 4.79 Å². The van der Waals surface area contributed by atoms with Crippen molar-refractivity contribution in [2.45, 2.75) is 26.9 Å². The van der Waals surface area contributed by atoms with E-state index in [0.717, 1.165) is 5.56 Å². The van der Waals surface area contributed by atoms with Crippen LogP contribution in [0.3, 0.4) is 0 Å². The smallest absolute Gasteiger partial charge is 0.355 e. The summed E-state index contributed by atoms with van der Waals surface area (Å²) in [4.78, 5) is 38.0. The van der Waals surface area contributed by atoms with E-state index in [1.807, 2.05) is 19.1 Å². The topological polar surface area (TPSA) is 76.2 Å². The maximum absolute atomic E-state index is 12.2. The van der Waals surface area contributed by atoms with E-state index in [9.17, 15) is 14.4 Å². The first-order valence-electron chi connectivity index (χ1n) is 6.89. The summed E-state index contributed by atoms with van der Waals surface area (Å²) in [5.74, 6) is -1.09. The third-order valence-corrected chi connectivity index (χ3v) is 3.30. The number of ether oxygens (including phenoxy) is 1. The van der Waals surface area contributed by atoms with Gasteiger partial charge < -0.3 is 9.72 Å². The zero-order valence-electron chi connectivity index (χ0n) is 12.7. The minimum absolute atomic E-state index is 0.147. The molecular formula is C17H17NO4. The van der Waals surface area contributed by atoms with E-state index in [2.05, 4.69) is 4.98 Å². The van der Waals surface area contributed by atoms with E-state index in [1.54, 1.807) is 12.1 Å². The quantitative estimate of drug-likeness (QED) is 0.680. The van der Waals surface area contributed by atoms with Crippen molar-refractivity contribution in [3.8, 4) is 0 Å². The molecule has 5 heteroatoms. The van der Waals surface area contributed by atoms with Crippen LogP contribution in [0.5, 0.6) is 0 Å². The molecule has 1 heterocycles. The summed E-state index contributed by atoms with van der Waals surface area (Å²) in [6.07, 6.45) is 0.532. The normalized spacial score (nSPS) is 11.8. The first kappa shape index (κ1) is 15.7. The number of H-pyrrole nitrogens is 1. The van der Waals surface area contributed by atoms with Crippen molar-refractivity contribution in [3.63, 3.8) is 0 Å². The van der Waals surface area contributed by atoms with Gasteiger partial charge in [0.2, 0.25) is 5.78 Å². The van der Waals surface area contributed by atoms with Crippen molar-refractivity contribution < 1.29 is 19.1 Å². The number of hydrogen-bond donors (Lipinski definition) is 1. The fourth-order valence-corrected chi connectivity index (χ4v) is 1.95. The molecule has 0 unspecified atom stereocenters. The minimum Gasteiger partial charge on any atom is -0.450 e. The second kappa shape index (κ2) is 6.39. The van der Waals surface area contributed by atoms with Crippen LogP contribution in [0, 0.1) is 6.92 Å². The molecular weight excluding hydrogens is 282 g/mol. The molecule has 1 atom stereocenters. The Morgan fingerprint density at radius 3 is 2.27 bits per heavy atom. The van der Waals surface area contributed by atoms with Gasteiger partial charge in [-0.1, -0.05) is 29.8 Å². The van der Waals surface area contributed by atoms with Crippen molar-refractivity contribution >= 4 is 17.5 Å². The molecule has 0 amide bonds. The Kier molecular flexibility index (Phi) is 4.56. The highest BCUT2D eigenvalue weighted by Crippen LogP contribution is 2.11. The molecule has 114 valence electrons. The zero-order valence-corrected chi connectivity index (χ0v) is 12.7. The third-order valence-electron chi connectivity index (χ3n) is 3.30. The van der Waals surface area contributed by atoms with E-state index >= 15 is 0 Å². The number of aromatic amines is 1. The number of esters is 1. The summed E-state index contributed by atoms with van der Waals surface area (Å²) in [6.45, 7) is 4.85. The van der Waals surface area contributed by atoms with Crippen LogP contribution in [0.25, 0.3) is 0 Å². The molecule has 1 aromatic heterocycles. The number of aryl methyl sites for hydroxylation is 1. The van der Waals surface area contributed by atoms with Gasteiger partial charge in [0.05, 0.1) is 0 Å². The summed E-state index contributed by atoms with van der Waals surface area (Å²) in [5, 5.41) is 0. The van der Waals surface area contributed by atoms with Crippen LogP contribution in [0.1, 0.15) is 50.6 Å². The van der Waals surface area contributed by atoms with E-state index in [1.165, 1.54) is 26.1 Å². The first-order valence-corrected chi connectivity index (χ1v) is 6.89. The number of ketones is 2. The van der Waals surface area contributed by atoms with E-state index in [4.69, 9.17) is 4.74 Å². The van der Waals surface area contributed by atoms with E-state index in [0.29, 0.717) is 11.1 Å². The Balaban J connectivity index is 2.05. The summed E-state index contributed by atoms with van der Waals surface area (Å²) < 4.78 is 5.14. The number of benzene rings is 1. The molecule has 0 bridgehead atoms. The number of hydrogen-bond acceptors (Lipinski definition) is 4. The third kappa shape index (κ3) is 3.49. The van der Waals surface area contributed by atoms with Gasteiger partial charge in [0.15, 0.2) is 11.9 Å². The van der Waals surface area contributed by atoms with Gasteiger partial charge in [-0.15, -0.1) is 0 Å². The van der Waals surface area contributed by atoms with Gasteiger partial charge >= 0.3 is 5.97 Å². The van der Waals surface area contributed by atoms with Gasteiger partial charge in [0.1, 0.15) is 5.69 Å². The van der Waals surface area contributed by atoms with Crippen LogP contribution in [0.4, 0.5) is 0 Å². The van der Waals surface area contributed by atoms with Crippen LogP contribution in [-0.4, -0.2) is 28.6 Å². The molecule has 5 nitrogen and oxygen atoms in total. The fraction of sp³-hybridized carbons (Fsp3) is 0.235. The maximum atomic E-state index is 12.2. The number of aromatic nitrogens is 1. The SMILES string of the molecule is CC(=O)c1c[nH]c(C(=O)O[C@@H](C)C(=O)c2ccc(C)cc2)c1. The first-order chi connectivity index (χ1) is 10.4. The molecule has 0 aliphatic heterocycles. The van der Waals surface area contributed by atoms with Crippen LogP contribution in [-0.2, 0) is 4.74 Å². The summed E-state index contributed by atoms with van der Waals surface area (Å²) in [7, 11) is 0. The van der Waals surface area contributed by atoms with Crippen molar-refractivity contribution in [3.05, 3.63) is 58.9 Å². The number of Topliss-reactive ketones (excluding diaryl/α,β-unsaturated/α-hetero) is 2. The standard InChI is InChI=1S/C17H17NO4/c1-10-4-6-13(7-5-10)16(20)12(3)22-17(21)15-8-14(9-18-15)11(2)19/h4-9,12,18H,1-3H3/t12-/m0/s1. The van der Waals surface area contributed by atoms with Crippen LogP contribution < -0.4 is 0 Å². The molecule has 0 aliphatic rings. The van der Waals surface area contributed by atoms with Gasteiger partial charge in [0, 0.05) is 17.3 Å². The molecule has 0 aliphatic carbocycles. The second-order valence-electron chi connectivity index (χ2n) is 5.14. The molecule has 2 rings (SSSR count). The van der Waals surface area contributed by atoms with Crippen LogP contribution in [0.2, 0.25) is 0 Å².